The van der Waals surface area contributed by atoms with Crippen molar-refractivity contribution in [1.82, 2.24) is 14.8 Å². The molecule has 16 heavy (non-hydrogen) atoms. The lowest BCUT2D eigenvalue weighted by molar-refractivity contribution is 0.608. The number of nitrogens with zero attached hydrogens (tertiary/aromatic N) is 1. The molecular formula is C10H10BrN3OS. The standard InChI is InChI=1S/C10H10BrN3OS/c1-6(7-2-4-8(11)5-3-7)14-9(15)12-13-10(14)16/h2-6H,1H3,(H,12,15)(H,13,16). The monoisotopic (exact) mass is 299 g/mol. The average Bonchev–Trinajstić information content (AvgIpc) is 2.59. The Labute approximate surface area is 105 Å². The first-order valence-electron chi connectivity index (χ1n) is 4.74. The minimum absolute atomic E-state index is 0.0874. The fraction of sp³-hybridized carbons (Fsp3) is 0.200. The van der Waals surface area contributed by atoms with E-state index in [0.29, 0.717) is 4.77 Å². The lowest BCUT2D eigenvalue weighted by Gasteiger charge is -2.11. The molecule has 1 heterocycles. The molecule has 1 aromatic heterocycles. The van der Waals surface area contributed by atoms with Gasteiger partial charge in [-0.15, -0.1) is 0 Å². The molecule has 0 aliphatic heterocycles. The van der Waals surface area contributed by atoms with Crippen LogP contribution in [-0.2, 0) is 0 Å². The number of halogens is 1. The third-order valence-electron chi connectivity index (χ3n) is 2.45. The number of rotatable bonds is 2. The number of hydrogen-bond donors (Lipinski definition) is 2. The van der Waals surface area contributed by atoms with Gasteiger partial charge in [0.25, 0.3) is 0 Å². The van der Waals surface area contributed by atoms with E-state index < -0.39 is 0 Å². The van der Waals surface area contributed by atoms with Gasteiger partial charge in [0.05, 0.1) is 6.04 Å². The van der Waals surface area contributed by atoms with E-state index in [4.69, 9.17) is 12.2 Å². The molecule has 0 amide bonds. The minimum atomic E-state index is -0.222. The zero-order chi connectivity index (χ0) is 11.7. The maximum atomic E-state index is 11.5. The Balaban J connectivity index is 2.47. The van der Waals surface area contributed by atoms with Gasteiger partial charge in [-0.2, -0.15) is 0 Å². The van der Waals surface area contributed by atoms with E-state index in [0.717, 1.165) is 10.0 Å². The molecule has 1 unspecified atom stereocenters. The number of H-pyrrole nitrogens is 2. The van der Waals surface area contributed by atoms with Crippen LogP contribution in [0.15, 0.2) is 33.5 Å². The summed E-state index contributed by atoms with van der Waals surface area (Å²) in [4.78, 5) is 11.5. The predicted octanol–water partition coefficient (Wildman–Crippen LogP) is 2.61. The number of nitrogens with one attached hydrogen (secondary N) is 2. The maximum absolute atomic E-state index is 11.5. The van der Waals surface area contributed by atoms with E-state index in [-0.39, 0.29) is 11.7 Å². The molecule has 1 atom stereocenters. The van der Waals surface area contributed by atoms with Crippen LogP contribution >= 0.6 is 28.1 Å². The highest BCUT2D eigenvalue weighted by atomic mass is 79.9. The van der Waals surface area contributed by atoms with Crippen molar-refractivity contribution in [3.05, 3.63) is 49.6 Å². The summed E-state index contributed by atoms with van der Waals surface area (Å²) in [6.07, 6.45) is 0. The maximum Gasteiger partial charge on any atom is 0.342 e. The lowest BCUT2D eigenvalue weighted by Crippen LogP contribution is -2.21. The smallest absolute Gasteiger partial charge is 0.272 e. The Morgan fingerprint density at radius 1 is 1.31 bits per heavy atom. The molecule has 0 saturated carbocycles. The van der Waals surface area contributed by atoms with Crippen molar-refractivity contribution in [2.45, 2.75) is 13.0 Å². The van der Waals surface area contributed by atoms with Gasteiger partial charge < -0.3 is 0 Å². The van der Waals surface area contributed by atoms with E-state index in [2.05, 4.69) is 26.1 Å². The Kier molecular flexibility index (Phi) is 3.11. The molecule has 4 nitrogen and oxygen atoms in total. The predicted molar refractivity (Wildman–Crippen MR) is 68.2 cm³/mol. The number of benzene rings is 1. The first-order chi connectivity index (χ1) is 7.59. The topological polar surface area (TPSA) is 53.6 Å². The van der Waals surface area contributed by atoms with Crippen LogP contribution in [0.1, 0.15) is 18.5 Å². The molecule has 0 aliphatic rings. The molecule has 0 radical (unpaired) electrons. The van der Waals surface area contributed by atoms with Crippen molar-refractivity contribution in [3.63, 3.8) is 0 Å². The van der Waals surface area contributed by atoms with E-state index in [1.165, 1.54) is 4.57 Å². The van der Waals surface area contributed by atoms with Gasteiger partial charge in [-0.1, -0.05) is 28.1 Å². The van der Waals surface area contributed by atoms with Gasteiger partial charge in [0.1, 0.15) is 0 Å². The average molecular weight is 300 g/mol. The third kappa shape index (κ3) is 2.03. The molecule has 0 bridgehead atoms. The summed E-state index contributed by atoms with van der Waals surface area (Å²) in [6.45, 7) is 1.93. The first-order valence-corrected chi connectivity index (χ1v) is 5.94. The van der Waals surface area contributed by atoms with Crippen LogP contribution in [-0.4, -0.2) is 14.8 Å². The lowest BCUT2D eigenvalue weighted by atomic mass is 10.1. The van der Waals surface area contributed by atoms with Crippen molar-refractivity contribution in [2.24, 2.45) is 0 Å². The van der Waals surface area contributed by atoms with Crippen LogP contribution < -0.4 is 5.69 Å². The molecule has 2 aromatic rings. The molecular weight excluding hydrogens is 290 g/mol. The molecule has 1 aromatic carbocycles. The SMILES string of the molecule is CC(c1ccc(Br)cc1)n1c(=O)[nH][nH]c1=S. The van der Waals surface area contributed by atoms with Gasteiger partial charge in [0, 0.05) is 4.47 Å². The quantitative estimate of drug-likeness (QED) is 0.838. The normalized spacial score (nSPS) is 12.6. The molecule has 84 valence electrons. The Morgan fingerprint density at radius 2 is 1.94 bits per heavy atom. The molecule has 0 aliphatic carbocycles. The van der Waals surface area contributed by atoms with Gasteiger partial charge in [0.2, 0.25) is 0 Å². The van der Waals surface area contributed by atoms with Gasteiger partial charge in [-0.3, -0.25) is 9.67 Å². The van der Waals surface area contributed by atoms with Crippen molar-refractivity contribution >= 4 is 28.1 Å². The number of aromatic amines is 2. The highest BCUT2D eigenvalue weighted by Crippen LogP contribution is 2.18. The van der Waals surface area contributed by atoms with Crippen LogP contribution in [0.5, 0.6) is 0 Å². The number of aromatic nitrogens is 3. The molecule has 2 rings (SSSR count). The van der Waals surface area contributed by atoms with Crippen molar-refractivity contribution in [3.8, 4) is 0 Å². The fourth-order valence-corrected chi connectivity index (χ4v) is 2.12. The van der Waals surface area contributed by atoms with Crippen LogP contribution in [0.4, 0.5) is 0 Å². The summed E-state index contributed by atoms with van der Waals surface area (Å²) in [5.74, 6) is 0. The summed E-state index contributed by atoms with van der Waals surface area (Å²) in [5.41, 5.74) is 0.810. The van der Waals surface area contributed by atoms with Gasteiger partial charge in [-0.05, 0) is 36.8 Å². The van der Waals surface area contributed by atoms with E-state index in [1.807, 2.05) is 31.2 Å². The van der Waals surface area contributed by atoms with E-state index in [1.54, 1.807) is 0 Å². The van der Waals surface area contributed by atoms with Crippen LogP contribution in [0.3, 0.4) is 0 Å². The van der Waals surface area contributed by atoms with Crippen molar-refractivity contribution in [2.75, 3.05) is 0 Å². The van der Waals surface area contributed by atoms with Crippen molar-refractivity contribution < 1.29 is 0 Å². The molecule has 6 heteroatoms. The van der Waals surface area contributed by atoms with Crippen LogP contribution in [0.25, 0.3) is 0 Å². The Hall–Kier alpha value is -1.14. The Morgan fingerprint density at radius 3 is 2.44 bits per heavy atom. The van der Waals surface area contributed by atoms with Crippen molar-refractivity contribution in [1.29, 1.82) is 0 Å². The molecule has 0 fully saturated rings. The largest absolute Gasteiger partial charge is 0.342 e. The summed E-state index contributed by atoms with van der Waals surface area (Å²) < 4.78 is 2.92. The third-order valence-corrected chi connectivity index (χ3v) is 3.28. The summed E-state index contributed by atoms with van der Waals surface area (Å²) in [5, 5.41) is 5.10. The van der Waals surface area contributed by atoms with Crippen LogP contribution in [0.2, 0.25) is 0 Å². The minimum Gasteiger partial charge on any atom is -0.272 e. The van der Waals surface area contributed by atoms with Crippen LogP contribution in [0, 0.1) is 4.77 Å². The number of hydrogen-bond acceptors (Lipinski definition) is 2. The first kappa shape index (κ1) is 11.3. The molecule has 2 N–H and O–H groups in total. The zero-order valence-electron chi connectivity index (χ0n) is 8.53. The summed E-state index contributed by atoms with van der Waals surface area (Å²) in [6, 6.07) is 7.72. The Bertz CT molecular complexity index is 568. The van der Waals surface area contributed by atoms with Gasteiger partial charge in [0.15, 0.2) is 4.77 Å². The molecule has 0 saturated heterocycles. The zero-order valence-corrected chi connectivity index (χ0v) is 10.9. The summed E-state index contributed by atoms with van der Waals surface area (Å²) >= 11 is 8.41. The molecule has 0 spiro atoms. The van der Waals surface area contributed by atoms with E-state index >= 15 is 0 Å². The fourth-order valence-electron chi connectivity index (χ4n) is 1.56. The van der Waals surface area contributed by atoms with E-state index in [9.17, 15) is 4.79 Å². The van der Waals surface area contributed by atoms with Gasteiger partial charge >= 0.3 is 5.69 Å². The second-order valence-corrected chi connectivity index (χ2v) is 4.76. The van der Waals surface area contributed by atoms with Gasteiger partial charge in [-0.25, -0.2) is 9.89 Å². The highest BCUT2D eigenvalue weighted by Gasteiger charge is 2.11. The second-order valence-electron chi connectivity index (χ2n) is 3.46. The second kappa shape index (κ2) is 4.39. The highest BCUT2D eigenvalue weighted by molar-refractivity contribution is 9.10. The summed E-state index contributed by atoms with van der Waals surface area (Å²) in [7, 11) is 0.